The molecule has 2 atom stereocenters. The van der Waals surface area contributed by atoms with E-state index >= 15 is 8.78 Å². The summed E-state index contributed by atoms with van der Waals surface area (Å²) in [7, 11) is 0. The topological polar surface area (TPSA) is 136 Å². The Hall–Kier alpha value is -4.79. The van der Waals surface area contributed by atoms with Crippen molar-refractivity contribution in [2.24, 2.45) is 0 Å². The number of carbonyl (C=O) groups excluding carboxylic acids is 5. The molecule has 15 heteroatoms. The van der Waals surface area contributed by atoms with Crippen molar-refractivity contribution in [3.63, 3.8) is 0 Å². The maximum Gasteiger partial charge on any atom is 0.280 e. The highest BCUT2D eigenvalue weighted by Crippen LogP contribution is 2.35. The molecule has 5 amide bonds. The van der Waals surface area contributed by atoms with Gasteiger partial charge in [-0.15, -0.1) is 0 Å². The van der Waals surface area contributed by atoms with Gasteiger partial charge in [-0.2, -0.15) is 0 Å². The predicted molar refractivity (Wildman–Crippen MR) is 150 cm³/mol. The smallest absolute Gasteiger partial charge is 0.280 e. The minimum atomic E-state index is -3.22. The molecule has 45 heavy (non-hydrogen) atoms. The van der Waals surface area contributed by atoms with Gasteiger partial charge in [0.1, 0.15) is 11.9 Å². The van der Waals surface area contributed by atoms with Gasteiger partial charge in [-0.1, -0.05) is 5.16 Å². The third-order valence-electron chi connectivity index (χ3n) is 9.01. The van der Waals surface area contributed by atoms with E-state index < -0.39 is 59.9 Å². The molecule has 0 radical (unpaired) electrons. The van der Waals surface area contributed by atoms with E-state index in [1.807, 2.05) is 4.90 Å². The largest absolute Gasteiger partial charge is 0.354 e. The highest BCUT2D eigenvalue weighted by molar-refractivity contribution is 6.24. The zero-order chi connectivity index (χ0) is 31.6. The van der Waals surface area contributed by atoms with E-state index in [1.165, 1.54) is 30.3 Å². The summed E-state index contributed by atoms with van der Waals surface area (Å²) >= 11 is 0. The molecule has 4 aliphatic heterocycles. The second kappa shape index (κ2) is 10.7. The molecule has 0 bridgehead atoms. The van der Waals surface area contributed by atoms with Gasteiger partial charge < -0.3 is 14.3 Å². The minimum Gasteiger partial charge on any atom is -0.354 e. The molecule has 2 unspecified atom stereocenters. The Bertz CT molecular complexity index is 1770. The van der Waals surface area contributed by atoms with Crippen LogP contribution in [-0.2, 0) is 9.59 Å². The van der Waals surface area contributed by atoms with Crippen molar-refractivity contribution in [2.45, 2.75) is 37.3 Å². The van der Waals surface area contributed by atoms with Gasteiger partial charge >= 0.3 is 0 Å². The van der Waals surface area contributed by atoms with Crippen LogP contribution in [0, 0.1) is 5.82 Å². The van der Waals surface area contributed by atoms with Crippen molar-refractivity contribution in [2.75, 3.05) is 44.2 Å². The van der Waals surface area contributed by atoms with E-state index in [0.717, 1.165) is 9.80 Å². The fourth-order valence-corrected chi connectivity index (χ4v) is 6.71. The normalized spacial score (nSPS) is 23.9. The number of benzene rings is 2. The maximum atomic E-state index is 15.6. The van der Waals surface area contributed by atoms with E-state index in [0.29, 0.717) is 43.0 Å². The summed E-state index contributed by atoms with van der Waals surface area (Å²) < 4.78 is 49.9. The van der Waals surface area contributed by atoms with Crippen LogP contribution in [0.4, 0.5) is 19.0 Å². The molecule has 1 aromatic heterocycles. The molecule has 0 aliphatic carbocycles. The van der Waals surface area contributed by atoms with E-state index in [4.69, 9.17) is 4.52 Å². The number of halogens is 3. The number of rotatable bonds is 4. The van der Waals surface area contributed by atoms with Gasteiger partial charge in [0.05, 0.1) is 29.1 Å². The van der Waals surface area contributed by atoms with Crippen LogP contribution in [0.1, 0.15) is 50.3 Å². The average Bonchev–Trinajstić information content (AvgIpc) is 3.54. The van der Waals surface area contributed by atoms with Gasteiger partial charge in [-0.05, 0) is 43.2 Å². The van der Waals surface area contributed by atoms with Crippen LogP contribution in [0.5, 0.6) is 0 Å². The third-order valence-corrected chi connectivity index (χ3v) is 9.01. The Morgan fingerprint density at radius 3 is 2.42 bits per heavy atom. The lowest BCUT2D eigenvalue weighted by Crippen LogP contribution is -2.62. The Balaban J connectivity index is 1.00. The molecule has 1 N–H and O–H groups in total. The highest BCUT2D eigenvalue weighted by atomic mass is 19.3. The number of amides is 5. The molecule has 4 aliphatic rings. The first-order chi connectivity index (χ1) is 21.5. The number of likely N-dealkylation sites (tertiary alicyclic amines) is 1. The minimum absolute atomic E-state index is 0.00443. The first-order valence-corrected chi connectivity index (χ1v) is 14.6. The second-order valence-corrected chi connectivity index (χ2v) is 11.7. The monoisotopic (exact) mass is 624 g/mol. The molecule has 3 saturated heterocycles. The lowest BCUT2D eigenvalue weighted by atomic mass is 9.96. The Morgan fingerprint density at radius 2 is 1.69 bits per heavy atom. The van der Waals surface area contributed by atoms with Crippen LogP contribution in [-0.4, -0.2) is 107 Å². The number of carbonyl (C=O) groups is 5. The van der Waals surface area contributed by atoms with Crippen molar-refractivity contribution in [3.8, 4) is 0 Å². The Kier molecular flexibility index (Phi) is 6.87. The lowest BCUT2D eigenvalue weighted by molar-refractivity contribution is -0.136. The summed E-state index contributed by atoms with van der Waals surface area (Å²) in [4.78, 5) is 68.7. The molecule has 0 saturated carbocycles. The Morgan fingerprint density at radius 1 is 0.933 bits per heavy atom. The van der Waals surface area contributed by atoms with E-state index in [1.54, 1.807) is 11.0 Å². The number of imide groups is 2. The maximum absolute atomic E-state index is 15.6. The van der Waals surface area contributed by atoms with Crippen molar-refractivity contribution in [3.05, 3.63) is 58.9 Å². The zero-order valence-electron chi connectivity index (χ0n) is 23.8. The SMILES string of the molecule is O=C1CCC(N2C(=O)c3ccc(C(=O)N4CCC(N5CCN(c6noc7cc(F)ccc67)CC5)C(F)(F)C4)cc3C2=O)C(=O)N1. The van der Waals surface area contributed by atoms with Gasteiger partial charge in [-0.25, -0.2) is 13.2 Å². The molecule has 12 nitrogen and oxygen atoms in total. The highest BCUT2D eigenvalue weighted by Gasteiger charge is 2.50. The molecule has 2 aromatic carbocycles. The van der Waals surface area contributed by atoms with Crippen molar-refractivity contribution in [1.82, 2.24) is 25.2 Å². The van der Waals surface area contributed by atoms with Crippen molar-refractivity contribution < 1.29 is 41.7 Å². The summed E-state index contributed by atoms with van der Waals surface area (Å²) in [6.07, 6.45) is -0.0234. The number of nitrogens with zero attached hydrogens (tertiary/aromatic N) is 5. The van der Waals surface area contributed by atoms with Gasteiger partial charge in [-0.3, -0.25) is 39.1 Å². The molecule has 5 heterocycles. The van der Waals surface area contributed by atoms with Crippen LogP contribution in [0.2, 0.25) is 0 Å². The zero-order valence-corrected chi connectivity index (χ0v) is 23.8. The summed E-state index contributed by atoms with van der Waals surface area (Å²) in [5, 5.41) is 6.81. The quantitative estimate of drug-likeness (QED) is 0.433. The molecular formula is C30H27F3N6O6. The number of aromatic nitrogens is 1. The standard InChI is InChI=1S/C30H27F3N6O6/c31-17-2-4-19-22(14-17)45-35-25(19)37-11-9-36(10-12-37)23-7-8-38(15-30(23,32)33)27(42)16-1-3-18-20(13-16)29(44)39(28(18)43)21-5-6-24(40)34-26(21)41/h1-4,13-14,21,23H,5-12,15H2,(H,34,40,41). The first kappa shape index (κ1) is 29.0. The van der Waals surface area contributed by atoms with Crippen LogP contribution in [0.15, 0.2) is 40.9 Å². The van der Waals surface area contributed by atoms with Gasteiger partial charge in [0.2, 0.25) is 11.8 Å². The van der Waals surface area contributed by atoms with Crippen LogP contribution in [0.25, 0.3) is 11.0 Å². The fourth-order valence-electron chi connectivity index (χ4n) is 6.71. The summed E-state index contributed by atoms with van der Waals surface area (Å²) in [5.74, 6) is -6.59. The summed E-state index contributed by atoms with van der Waals surface area (Å²) in [6, 6.07) is 5.68. The van der Waals surface area contributed by atoms with E-state index in [2.05, 4.69) is 10.5 Å². The molecule has 3 aromatic rings. The average molecular weight is 625 g/mol. The molecule has 7 rings (SSSR count). The summed E-state index contributed by atoms with van der Waals surface area (Å²) in [5.41, 5.74) is 0.180. The molecule has 0 spiro atoms. The second-order valence-electron chi connectivity index (χ2n) is 11.7. The number of fused-ring (bicyclic) bond motifs is 2. The number of anilines is 1. The number of nitrogens with one attached hydrogen (secondary N) is 1. The third kappa shape index (κ3) is 4.90. The van der Waals surface area contributed by atoms with Crippen LogP contribution < -0.4 is 10.2 Å². The lowest BCUT2D eigenvalue weighted by Gasteiger charge is -2.46. The van der Waals surface area contributed by atoms with E-state index in [9.17, 15) is 28.4 Å². The number of alkyl halides is 2. The predicted octanol–water partition coefficient (Wildman–Crippen LogP) is 2.04. The summed E-state index contributed by atoms with van der Waals surface area (Å²) in [6.45, 7) is 0.717. The van der Waals surface area contributed by atoms with E-state index in [-0.39, 0.29) is 42.5 Å². The fraction of sp³-hybridized carbons (Fsp3) is 0.400. The van der Waals surface area contributed by atoms with Gasteiger partial charge in [0, 0.05) is 50.8 Å². The number of hydrogen-bond donors (Lipinski definition) is 1. The van der Waals surface area contributed by atoms with Crippen molar-refractivity contribution in [1.29, 1.82) is 0 Å². The molecule has 234 valence electrons. The van der Waals surface area contributed by atoms with Gasteiger partial charge in [0.25, 0.3) is 23.6 Å². The van der Waals surface area contributed by atoms with Crippen LogP contribution in [0.3, 0.4) is 0 Å². The number of piperidine rings is 2. The van der Waals surface area contributed by atoms with Crippen LogP contribution >= 0.6 is 0 Å². The molecule has 3 fully saturated rings. The van der Waals surface area contributed by atoms with Gasteiger partial charge in [0.15, 0.2) is 11.4 Å². The molecular weight excluding hydrogens is 597 g/mol. The number of piperazine rings is 1. The van der Waals surface area contributed by atoms with Crippen molar-refractivity contribution >= 4 is 46.3 Å². The number of hydrogen-bond acceptors (Lipinski definition) is 9. The first-order valence-electron chi connectivity index (χ1n) is 14.6. The Labute approximate surface area is 253 Å².